The molecule has 0 radical (unpaired) electrons. The lowest BCUT2D eigenvalue weighted by Crippen LogP contribution is -2.45. The van der Waals surface area contributed by atoms with Crippen molar-refractivity contribution in [1.82, 2.24) is 5.32 Å². The van der Waals surface area contributed by atoms with Crippen LogP contribution in [-0.4, -0.2) is 68.5 Å². The molecule has 0 aromatic carbocycles. The van der Waals surface area contributed by atoms with E-state index in [0.717, 1.165) is 51.4 Å². The first-order chi connectivity index (χ1) is 32.0. The smallest absolute Gasteiger partial charge is 0.268 e. The van der Waals surface area contributed by atoms with Crippen LogP contribution in [-0.2, 0) is 18.4 Å². The molecule has 0 aliphatic carbocycles. The summed E-state index contributed by atoms with van der Waals surface area (Å²) in [7, 11) is 1.23. The second-order valence-electron chi connectivity index (χ2n) is 19.9. The number of unbranched alkanes of at least 4 members (excludes halogenated alkanes) is 29. The van der Waals surface area contributed by atoms with E-state index in [9.17, 15) is 19.4 Å². The van der Waals surface area contributed by atoms with Gasteiger partial charge in [-0.1, -0.05) is 222 Å². The number of phosphoric ester groups is 1. The molecule has 0 spiro atoms. The second-order valence-corrected chi connectivity index (χ2v) is 21.3. The molecule has 0 fully saturated rings. The Morgan fingerprint density at radius 2 is 0.894 bits per heavy atom. The van der Waals surface area contributed by atoms with E-state index >= 15 is 0 Å². The molecule has 0 saturated heterocycles. The van der Waals surface area contributed by atoms with Gasteiger partial charge in [-0.15, -0.1) is 0 Å². The molecule has 2 N–H and O–H groups in total. The van der Waals surface area contributed by atoms with Crippen molar-refractivity contribution in [2.24, 2.45) is 0 Å². The van der Waals surface area contributed by atoms with Crippen molar-refractivity contribution in [3.63, 3.8) is 0 Å². The molecule has 0 heterocycles. The van der Waals surface area contributed by atoms with Crippen LogP contribution in [0.25, 0.3) is 0 Å². The third-order valence-electron chi connectivity index (χ3n) is 12.2. The molecule has 9 heteroatoms. The van der Waals surface area contributed by atoms with Crippen molar-refractivity contribution in [1.29, 1.82) is 0 Å². The molecule has 3 atom stereocenters. The number of amides is 1. The lowest BCUT2D eigenvalue weighted by atomic mass is 10.0. The molecule has 8 nitrogen and oxygen atoms in total. The second kappa shape index (κ2) is 48.2. The van der Waals surface area contributed by atoms with Gasteiger partial charge in [-0.05, 0) is 77.0 Å². The summed E-state index contributed by atoms with van der Waals surface area (Å²) < 4.78 is 23.3. The minimum atomic E-state index is -4.61. The topological polar surface area (TPSA) is 108 Å². The first kappa shape index (κ1) is 64.2. The molecule has 66 heavy (non-hydrogen) atoms. The van der Waals surface area contributed by atoms with Gasteiger partial charge in [0.05, 0.1) is 39.9 Å². The lowest BCUT2D eigenvalue weighted by Gasteiger charge is -2.29. The van der Waals surface area contributed by atoms with Crippen molar-refractivity contribution in [2.45, 2.75) is 257 Å². The Kier molecular flexibility index (Phi) is 46.9. The Hall–Kier alpha value is -1.80. The summed E-state index contributed by atoms with van der Waals surface area (Å²) in [6.07, 6.45) is 64.3. The molecule has 0 bridgehead atoms. The third kappa shape index (κ3) is 50.1. The van der Waals surface area contributed by atoms with Gasteiger partial charge in [-0.25, -0.2) is 0 Å². The number of carbonyl (C=O) groups excluding carboxylic acids is 1. The molecule has 1 amide bonds. The van der Waals surface area contributed by atoms with Crippen LogP contribution < -0.4 is 10.2 Å². The number of aliphatic hydroxyl groups is 1. The molecule has 3 unspecified atom stereocenters. The maximum absolute atomic E-state index is 12.9. The lowest BCUT2D eigenvalue weighted by molar-refractivity contribution is -0.870. The van der Waals surface area contributed by atoms with E-state index in [0.29, 0.717) is 17.4 Å². The highest BCUT2D eigenvalue weighted by atomic mass is 31.2. The first-order valence-electron chi connectivity index (χ1n) is 27.7. The minimum Gasteiger partial charge on any atom is -0.756 e. The van der Waals surface area contributed by atoms with Crippen molar-refractivity contribution >= 4 is 13.7 Å². The van der Waals surface area contributed by atoms with Crippen molar-refractivity contribution in [3.05, 3.63) is 60.8 Å². The average molecular weight is 947 g/mol. The van der Waals surface area contributed by atoms with Gasteiger partial charge in [-0.3, -0.25) is 9.36 Å². The number of likely N-dealkylation sites (N-methyl/N-ethyl adjacent to an activating group) is 1. The standard InChI is InChI=1S/C57H107N2O6P/c1-6-8-10-12-14-16-18-20-22-24-26-28-29-31-32-34-36-38-40-42-44-46-48-50-56(60)55(54-65-66(62,63)64-53-52-59(3,4)5)58-57(61)51-49-47-45-43-41-39-37-35-33-30-27-25-23-21-19-17-15-13-11-9-7-2/h19,21,25,27,32,34,40,42,48,50,55-56,60H,6-18,20,22-24,26,28-31,33,35-39,41,43-47,49,51-54H2,1-5H3,(H-,58,61,62,63)/b21-19-,27-25-,34-32+,42-40+,50-48+. The number of carbonyl (C=O) groups is 1. The zero-order valence-electron chi connectivity index (χ0n) is 43.9. The summed E-state index contributed by atoms with van der Waals surface area (Å²) in [6.45, 7) is 4.62. The van der Waals surface area contributed by atoms with Crippen LogP contribution >= 0.6 is 7.82 Å². The highest BCUT2D eigenvalue weighted by molar-refractivity contribution is 7.45. The fraction of sp³-hybridized carbons (Fsp3) is 0.807. The Morgan fingerprint density at radius 1 is 0.530 bits per heavy atom. The number of quaternary nitrogens is 1. The van der Waals surface area contributed by atoms with Crippen LogP contribution in [0.15, 0.2) is 60.8 Å². The summed E-state index contributed by atoms with van der Waals surface area (Å²) in [4.78, 5) is 25.5. The number of nitrogens with zero attached hydrogens (tertiary/aromatic N) is 1. The number of rotatable bonds is 50. The SMILES string of the molecule is CCCCCCC/C=C\C/C=C\CCCCCCCCCCCC(=O)NC(COP(=O)([O-])OCC[N+](C)(C)C)C(O)/C=C/CC/C=C/CC/C=C/CCCCCCCCCCCCCCC. The fourth-order valence-corrected chi connectivity index (χ4v) is 8.53. The Labute approximate surface area is 409 Å². The van der Waals surface area contributed by atoms with Gasteiger partial charge in [0.15, 0.2) is 0 Å². The number of nitrogens with one attached hydrogen (secondary N) is 1. The average Bonchev–Trinajstić information content (AvgIpc) is 3.28. The number of hydrogen-bond donors (Lipinski definition) is 2. The monoisotopic (exact) mass is 947 g/mol. The van der Waals surface area contributed by atoms with Gasteiger partial charge in [-0.2, -0.15) is 0 Å². The van der Waals surface area contributed by atoms with Crippen LogP contribution in [0.5, 0.6) is 0 Å². The van der Waals surface area contributed by atoms with E-state index < -0.39 is 26.6 Å². The van der Waals surface area contributed by atoms with E-state index in [1.165, 1.54) is 173 Å². The maximum Gasteiger partial charge on any atom is 0.268 e. The molecule has 0 rings (SSSR count). The summed E-state index contributed by atoms with van der Waals surface area (Å²) in [5, 5.41) is 13.8. The highest BCUT2D eigenvalue weighted by Crippen LogP contribution is 2.38. The van der Waals surface area contributed by atoms with Crippen LogP contribution in [0.3, 0.4) is 0 Å². The quantitative estimate of drug-likeness (QED) is 0.0272. The molecule has 0 aliphatic rings. The van der Waals surface area contributed by atoms with Crippen molar-refractivity contribution in [3.8, 4) is 0 Å². The van der Waals surface area contributed by atoms with E-state index in [4.69, 9.17) is 9.05 Å². The Bertz CT molecular complexity index is 1260. The normalized spacial score (nSPS) is 14.5. The van der Waals surface area contributed by atoms with Crippen molar-refractivity contribution in [2.75, 3.05) is 40.9 Å². The predicted molar refractivity (Wildman–Crippen MR) is 284 cm³/mol. The first-order valence-corrected chi connectivity index (χ1v) is 29.1. The van der Waals surface area contributed by atoms with Gasteiger partial charge in [0, 0.05) is 6.42 Å². The van der Waals surface area contributed by atoms with Gasteiger partial charge in [0.1, 0.15) is 13.2 Å². The number of aliphatic hydroxyl groups excluding tert-OH is 1. The van der Waals surface area contributed by atoms with Crippen LogP contribution in [0.2, 0.25) is 0 Å². The number of allylic oxidation sites excluding steroid dienone is 9. The molecular formula is C57H107N2O6P. The highest BCUT2D eigenvalue weighted by Gasteiger charge is 2.23. The predicted octanol–water partition coefficient (Wildman–Crippen LogP) is 15.9. The number of phosphoric acid groups is 1. The molecule has 0 aliphatic heterocycles. The summed E-state index contributed by atoms with van der Waals surface area (Å²) in [6, 6.07) is -0.915. The largest absolute Gasteiger partial charge is 0.756 e. The maximum atomic E-state index is 12.9. The molecule has 386 valence electrons. The zero-order valence-corrected chi connectivity index (χ0v) is 44.8. The van der Waals surface area contributed by atoms with Gasteiger partial charge < -0.3 is 28.8 Å². The summed E-state index contributed by atoms with van der Waals surface area (Å²) in [5.74, 6) is -0.216. The van der Waals surface area contributed by atoms with Crippen LogP contribution in [0, 0.1) is 0 Å². The molecule has 0 aromatic heterocycles. The van der Waals surface area contributed by atoms with Gasteiger partial charge in [0.2, 0.25) is 5.91 Å². The summed E-state index contributed by atoms with van der Waals surface area (Å²) in [5.41, 5.74) is 0. The van der Waals surface area contributed by atoms with E-state index in [1.807, 2.05) is 27.2 Å². The van der Waals surface area contributed by atoms with Crippen LogP contribution in [0.4, 0.5) is 0 Å². The zero-order chi connectivity index (χ0) is 48.5. The fourth-order valence-electron chi connectivity index (χ4n) is 7.80. The number of hydrogen-bond acceptors (Lipinski definition) is 6. The minimum absolute atomic E-state index is 0.0116. The molecule has 0 aromatic rings. The van der Waals surface area contributed by atoms with Gasteiger partial charge in [0.25, 0.3) is 7.82 Å². The van der Waals surface area contributed by atoms with Gasteiger partial charge >= 0.3 is 0 Å². The van der Waals surface area contributed by atoms with Crippen molar-refractivity contribution < 1.29 is 32.9 Å². The molecule has 0 saturated carbocycles. The van der Waals surface area contributed by atoms with E-state index in [1.54, 1.807) is 6.08 Å². The van der Waals surface area contributed by atoms with E-state index in [2.05, 4.69) is 67.8 Å². The Balaban J connectivity index is 4.35. The Morgan fingerprint density at radius 3 is 1.32 bits per heavy atom. The third-order valence-corrected chi connectivity index (χ3v) is 13.1. The van der Waals surface area contributed by atoms with Crippen LogP contribution in [0.1, 0.15) is 245 Å². The summed E-state index contributed by atoms with van der Waals surface area (Å²) >= 11 is 0. The van der Waals surface area contributed by atoms with E-state index in [-0.39, 0.29) is 12.5 Å². The molecular weight excluding hydrogens is 840 g/mol.